The summed E-state index contributed by atoms with van der Waals surface area (Å²) in [5.41, 5.74) is 14.9. The summed E-state index contributed by atoms with van der Waals surface area (Å²) in [6.45, 7) is 9.00. The Balaban J connectivity index is 1.95. The molecule has 0 saturated carbocycles. The van der Waals surface area contributed by atoms with Gasteiger partial charge >= 0.3 is 0 Å². The van der Waals surface area contributed by atoms with Gasteiger partial charge in [-0.15, -0.1) is 0 Å². The molecule has 0 fully saturated rings. The summed E-state index contributed by atoms with van der Waals surface area (Å²) in [7, 11) is 0. The number of nitrogens with zero attached hydrogens (tertiary/aromatic N) is 2. The zero-order valence-electron chi connectivity index (χ0n) is 27.2. The number of nitrogens with one attached hydrogen (secondary N) is 2. The highest BCUT2D eigenvalue weighted by molar-refractivity contribution is 5.87. The summed E-state index contributed by atoms with van der Waals surface area (Å²) in [4.78, 5) is 18.4. The smallest absolute Gasteiger partial charge is 0.0690 e. The number of hydrogen-bond donors (Lipinski definition) is 3. The van der Waals surface area contributed by atoms with E-state index in [1.807, 2.05) is 6.08 Å². The number of rotatable bonds is 14. The Morgan fingerprint density at radius 1 is 0.591 bits per heavy atom. The predicted octanol–water partition coefficient (Wildman–Crippen LogP) is 10.0. The molecule has 0 aromatic carbocycles. The Morgan fingerprint density at radius 2 is 1.02 bits per heavy atom. The number of unbranched alkanes of at least 4 members (excludes halogenated alkanes) is 4. The van der Waals surface area contributed by atoms with Crippen LogP contribution in [0.25, 0.3) is 52.4 Å². The van der Waals surface area contributed by atoms with E-state index in [1.54, 1.807) is 0 Å². The second kappa shape index (κ2) is 15.3. The van der Waals surface area contributed by atoms with Gasteiger partial charge in [0.05, 0.1) is 34.9 Å². The Morgan fingerprint density at radius 3 is 1.48 bits per heavy atom. The van der Waals surface area contributed by atoms with Crippen molar-refractivity contribution in [1.82, 2.24) is 19.9 Å². The van der Waals surface area contributed by atoms with E-state index in [4.69, 9.17) is 9.97 Å². The number of aliphatic hydroxyl groups excluding tert-OH is 1. The molecule has 3 N–H and O–H groups in total. The van der Waals surface area contributed by atoms with Gasteiger partial charge in [0.2, 0.25) is 0 Å². The third-order valence-electron chi connectivity index (χ3n) is 8.85. The summed E-state index contributed by atoms with van der Waals surface area (Å²) in [5, 5.41) is 9.71. The van der Waals surface area contributed by atoms with Crippen molar-refractivity contribution in [2.24, 2.45) is 0 Å². The molecule has 0 unspecified atom stereocenters. The summed E-state index contributed by atoms with van der Waals surface area (Å²) < 4.78 is 0. The molecule has 2 aliphatic heterocycles. The first-order valence-corrected chi connectivity index (χ1v) is 17.0. The summed E-state index contributed by atoms with van der Waals surface area (Å²) >= 11 is 0. The lowest BCUT2D eigenvalue weighted by molar-refractivity contribution is 0.343. The molecule has 232 valence electrons. The monoisotopic (exact) mass is 590 g/mol. The normalized spacial score (nSPS) is 12.7. The van der Waals surface area contributed by atoms with Crippen LogP contribution >= 0.6 is 0 Å². The second-order valence-electron chi connectivity index (χ2n) is 12.1. The third kappa shape index (κ3) is 6.99. The van der Waals surface area contributed by atoms with Gasteiger partial charge in [0.15, 0.2) is 0 Å². The first-order valence-electron chi connectivity index (χ1n) is 17.0. The van der Waals surface area contributed by atoms with Gasteiger partial charge in [-0.2, -0.15) is 0 Å². The highest BCUT2D eigenvalue weighted by Gasteiger charge is 2.17. The molecule has 0 amide bonds. The predicted molar refractivity (Wildman–Crippen MR) is 189 cm³/mol. The van der Waals surface area contributed by atoms with Crippen molar-refractivity contribution in [3.8, 4) is 0 Å². The molecular formula is C39H50N4O. The fourth-order valence-corrected chi connectivity index (χ4v) is 6.34. The van der Waals surface area contributed by atoms with Gasteiger partial charge in [0.25, 0.3) is 0 Å². The van der Waals surface area contributed by atoms with E-state index in [1.165, 1.54) is 22.3 Å². The molecule has 44 heavy (non-hydrogen) atoms. The van der Waals surface area contributed by atoms with Crippen molar-refractivity contribution in [3.05, 3.63) is 74.9 Å². The Kier molecular flexibility index (Phi) is 11.1. The summed E-state index contributed by atoms with van der Waals surface area (Å²) in [5.74, 6) is 0. The van der Waals surface area contributed by atoms with Crippen LogP contribution in [0.3, 0.4) is 0 Å². The van der Waals surface area contributed by atoms with Crippen molar-refractivity contribution in [2.75, 3.05) is 6.61 Å². The molecule has 5 nitrogen and oxygen atoms in total. The minimum absolute atomic E-state index is 0.00722. The van der Waals surface area contributed by atoms with Gasteiger partial charge in [-0.1, -0.05) is 65.5 Å². The average molecular weight is 591 g/mol. The lowest BCUT2D eigenvalue weighted by atomic mass is 10.0. The van der Waals surface area contributed by atoms with E-state index in [2.05, 4.69) is 86.2 Å². The maximum absolute atomic E-state index is 9.71. The van der Waals surface area contributed by atoms with Crippen LogP contribution in [0, 0.1) is 0 Å². The zero-order chi connectivity index (χ0) is 30.9. The van der Waals surface area contributed by atoms with Crippen LogP contribution in [0.4, 0.5) is 0 Å². The zero-order valence-corrected chi connectivity index (χ0v) is 27.2. The van der Waals surface area contributed by atoms with E-state index in [9.17, 15) is 5.11 Å². The average Bonchev–Trinajstić information content (AvgIpc) is 3.85. The van der Waals surface area contributed by atoms with E-state index in [0.717, 1.165) is 127 Å². The van der Waals surface area contributed by atoms with Gasteiger partial charge in [-0.25, -0.2) is 9.97 Å². The van der Waals surface area contributed by atoms with E-state index in [-0.39, 0.29) is 6.61 Å². The topological polar surface area (TPSA) is 77.6 Å². The lowest BCUT2D eigenvalue weighted by Crippen LogP contribution is -1.95. The quantitative estimate of drug-likeness (QED) is 0.120. The highest BCUT2D eigenvalue weighted by Crippen LogP contribution is 2.31. The van der Waals surface area contributed by atoms with Crippen molar-refractivity contribution >= 4 is 52.4 Å². The first kappa shape index (κ1) is 31.7. The Hall–Kier alpha value is -3.70. The minimum Gasteiger partial charge on any atom is -0.392 e. The van der Waals surface area contributed by atoms with Crippen molar-refractivity contribution in [3.63, 3.8) is 0 Å². The van der Waals surface area contributed by atoms with Crippen molar-refractivity contribution in [1.29, 1.82) is 0 Å². The standard InChI is InChI=1S/C39H50N4O/c1-5-9-15-28-32-19-20-33(40-32)29(16-10-6-2)35-23-24-37(42-35)31(18-12-8-4)39-27(14-13-25-44)26-38(43-39)30(17-11-7-3)36-22-21-34(28)41-36/h13-14,19-24,26,40,43-44H,5-12,15-18,25H2,1-4H3/b14-13+,32-28?,33-29?,34-28?,35-29?,36-30?,37-31?,38-30?,39-31?. The molecule has 5 rings (SSSR count). The molecule has 0 aliphatic carbocycles. The molecule has 0 spiro atoms. The fourth-order valence-electron chi connectivity index (χ4n) is 6.34. The third-order valence-corrected chi connectivity index (χ3v) is 8.85. The minimum atomic E-state index is 0.00722. The molecule has 2 aliphatic rings. The van der Waals surface area contributed by atoms with Crippen LogP contribution in [0.2, 0.25) is 0 Å². The van der Waals surface area contributed by atoms with Crippen LogP contribution < -0.4 is 0 Å². The number of aliphatic hydroxyl groups is 1. The second-order valence-corrected chi connectivity index (χ2v) is 12.1. The van der Waals surface area contributed by atoms with Crippen LogP contribution in [-0.4, -0.2) is 31.6 Å². The number of hydrogen-bond acceptors (Lipinski definition) is 3. The molecule has 0 radical (unpaired) electrons. The van der Waals surface area contributed by atoms with Crippen LogP contribution in [0.15, 0.2) is 24.3 Å². The first-order chi connectivity index (χ1) is 21.6. The van der Waals surface area contributed by atoms with E-state index < -0.39 is 0 Å². The molecule has 0 saturated heterocycles. The van der Waals surface area contributed by atoms with Crippen LogP contribution in [0.5, 0.6) is 0 Å². The fraction of sp³-hybridized carbons (Fsp3) is 0.436. The largest absolute Gasteiger partial charge is 0.392 e. The Bertz CT molecular complexity index is 1700. The molecule has 5 heterocycles. The Labute approximate surface area is 263 Å². The van der Waals surface area contributed by atoms with Gasteiger partial charge in [0.1, 0.15) is 0 Å². The number of aromatic nitrogens is 4. The summed E-state index contributed by atoms with van der Waals surface area (Å²) in [6, 6.07) is 6.75. The number of aromatic amines is 2. The molecular weight excluding hydrogens is 540 g/mol. The van der Waals surface area contributed by atoms with Gasteiger partial charge in [-0.05, 0) is 93.9 Å². The van der Waals surface area contributed by atoms with E-state index in [0.29, 0.717) is 0 Å². The van der Waals surface area contributed by atoms with Crippen molar-refractivity contribution < 1.29 is 5.11 Å². The van der Waals surface area contributed by atoms with Gasteiger partial charge < -0.3 is 15.1 Å². The maximum Gasteiger partial charge on any atom is 0.0690 e. The molecule has 3 aromatic rings. The molecule has 8 bridgehead atoms. The van der Waals surface area contributed by atoms with Gasteiger partial charge in [-0.3, -0.25) is 0 Å². The maximum atomic E-state index is 9.71. The SMILES string of the molecule is CCCCc1c2nc(c(CCCC)c3cc(/C=C/CO)c([nH]3)c(CCCC)c3nc(c(CCCC)c4ccc1[nH]4)C=C3)C=C2. The number of H-pyrrole nitrogens is 2. The van der Waals surface area contributed by atoms with Crippen LogP contribution in [-0.2, 0) is 25.7 Å². The number of aryl methyl sites for hydroxylation is 4. The lowest BCUT2D eigenvalue weighted by Gasteiger charge is -2.06. The van der Waals surface area contributed by atoms with Crippen molar-refractivity contribution in [2.45, 2.75) is 105 Å². The number of fused-ring (bicyclic) bond motifs is 8. The van der Waals surface area contributed by atoms with Gasteiger partial charge in [0, 0.05) is 44.4 Å². The van der Waals surface area contributed by atoms with E-state index >= 15 is 0 Å². The highest BCUT2D eigenvalue weighted by atomic mass is 16.2. The molecule has 5 heteroatoms. The van der Waals surface area contributed by atoms with Crippen LogP contribution in [0.1, 0.15) is 130 Å². The molecule has 0 atom stereocenters. The summed E-state index contributed by atoms with van der Waals surface area (Å²) in [6.07, 6.45) is 25.5. The molecule has 3 aromatic heterocycles.